The van der Waals surface area contributed by atoms with Crippen molar-refractivity contribution >= 4 is 44.1 Å². The molecule has 0 aliphatic carbocycles. The quantitative estimate of drug-likeness (QED) is 0.514. The third kappa shape index (κ3) is 3.15. The van der Waals surface area contributed by atoms with E-state index in [0.29, 0.717) is 4.64 Å². The molecule has 3 aromatic rings. The fourth-order valence-electron chi connectivity index (χ4n) is 2.03. The van der Waals surface area contributed by atoms with Gasteiger partial charge in [-0.05, 0) is 33.6 Å². The Morgan fingerprint density at radius 2 is 1.62 bits per heavy atom. The lowest BCUT2D eigenvalue weighted by Crippen LogP contribution is -1.95. The number of hydrogen-bond acceptors (Lipinski definition) is 2. The van der Waals surface area contributed by atoms with E-state index in [1.54, 1.807) is 0 Å². The van der Waals surface area contributed by atoms with Gasteiger partial charge in [-0.25, -0.2) is 4.98 Å². The Morgan fingerprint density at radius 3 is 2.33 bits per heavy atom. The number of H-pyrrole nitrogens is 1. The Labute approximate surface area is 144 Å². The van der Waals surface area contributed by atoms with Gasteiger partial charge in [-0.15, -0.1) is 0 Å². The molecule has 0 saturated heterocycles. The Bertz CT molecular complexity index is 844. The van der Waals surface area contributed by atoms with E-state index in [0.717, 1.165) is 31.6 Å². The van der Waals surface area contributed by atoms with Crippen molar-refractivity contribution in [1.82, 2.24) is 9.97 Å². The summed E-state index contributed by atoms with van der Waals surface area (Å²) in [7, 11) is 0. The summed E-state index contributed by atoms with van der Waals surface area (Å²) in [6.45, 7) is 0. The van der Waals surface area contributed by atoms with Gasteiger partial charge in [0.25, 0.3) is 0 Å². The first-order valence-corrected chi connectivity index (χ1v) is 8.26. The minimum Gasteiger partial charge on any atom is -0.338 e. The smallest absolute Gasteiger partial charge is 0.144 e. The van der Waals surface area contributed by atoms with Crippen molar-refractivity contribution in [1.29, 1.82) is 0 Å². The first-order chi connectivity index (χ1) is 10.1. The Morgan fingerprint density at radius 1 is 0.905 bits per heavy atom. The number of benzene rings is 2. The molecule has 0 atom stereocenters. The van der Waals surface area contributed by atoms with Crippen LogP contribution in [0.15, 0.2) is 63.5 Å². The van der Waals surface area contributed by atoms with Crippen LogP contribution < -0.4 is 0 Å². The predicted octanol–water partition coefficient (Wildman–Crippen LogP) is 6.00. The molecule has 0 amide bonds. The second-order valence-corrected chi connectivity index (χ2v) is 6.55. The molecular weight excluding hydrogens is 412 g/mol. The molecule has 2 aromatic carbocycles. The number of aromatic amines is 1. The fraction of sp³-hybridized carbons (Fsp3) is 0. The summed E-state index contributed by atoms with van der Waals surface area (Å²) in [5, 5.41) is 0. The Balaban J connectivity index is 2.21. The molecule has 104 valence electrons. The van der Waals surface area contributed by atoms with Gasteiger partial charge < -0.3 is 4.98 Å². The number of rotatable bonds is 2. The number of nitrogens with one attached hydrogen (secondary N) is 1. The van der Waals surface area contributed by atoms with Gasteiger partial charge in [-0.1, -0.05) is 70.6 Å². The maximum absolute atomic E-state index is 5.37. The first kappa shape index (κ1) is 14.6. The highest BCUT2D eigenvalue weighted by Gasteiger charge is 2.10. The maximum atomic E-state index is 5.37. The second kappa shape index (κ2) is 6.22. The average Bonchev–Trinajstić information content (AvgIpc) is 2.51. The molecule has 0 aliphatic rings. The third-order valence-electron chi connectivity index (χ3n) is 3.02. The van der Waals surface area contributed by atoms with Crippen LogP contribution in [0.2, 0.25) is 0 Å². The van der Waals surface area contributed by atoms with Crippen LogP contribution in [0, 0.1) is 4.64 Å². The van der Waals surface area contributed by atoms with Crippen molar-refractivity contribution in [3.8, 4) is 22.6 Å². The summed E-state index contributed by atoms with van der Waals surface area (Å²) in [5.74, 6) is 0.753. The van der Waals surface area contributed by atoms with E-state index in [9.17, 15) is 0 Å². The molecule has 1 N–H and O–H groups in total. The van der Waals surface area contributed by atoms with Crippen molar-refractivity contribution in [2.24, 2.45) is 0 Å². The molecule has 1 heterocycles. The number of halogens is 2. The zero-order chi connectivity index (χ0) is 14.8. The van der Waals surface area contributed by atoms with Gasteiger partial charge in [0.15, 0.2) is 0 Å². The van der Waals surface area contributed by atoms with Crippen LogP contribution in [0.25, 0.3) is 22.6 Å². The standard InChI is InChI=1S/C16H10Br2N2S/c17-12-8-4-7-11(9-12)15-19-14(13(18)16(21)20-15)10-5-2-1-3-6-10/h1-9H,(H,19,20,21). The first-order valence-electron chi connectivity index (χ1n) is 6.26. The summed E-state index contributed by atoms with van der Waals surface area (Å²) in [4.78, 5) is 7.83. The van der Waals surface area contributed by atoms with Crippen LogP contribution in [-0.2, 0) is 0 Å². The second-order valence-electron chi connectivity index (χ2n) is 4.46. The molecular formula is C16H10Br2N2S. The molecule has 0 bridgehead atoms. The highest BCUT2D eigenvalue weighted by molar-refractivity contribution is 9.10. The van der Waals surface area contributed by atoms with Gasteiger partial charge in [0.05, 0.1) is 10.2 Å². The van der Waals surface area contributed by atoms with E-state index in [2.05, 4.69) is 41.8 Å². The van der Waals surface area contributed by atoms with Gasteiger partial charge >= 0.3 is 0 Å². The average molecular weight is 422 g/mol. The Kier molecular flexibility index (Phi) is 4.33. The van der Waals surface area contributed by atoms with Crippen molar-refractivity contribution in [2.45, 2.75) is 0 Å². The minimum absolute atomic E-state index is 0.544. The van der Waals surface area contributed by atoms with E-state index in [1.165, 1.54) is 0 Å². The van der Waals surface area contributed by atoms with Gasteiger partial charge in [0.2, 0.25) is 0 Å². The van der Waals surface area contributed by atoms with Gasteiger partial charge in [-0.2, -0.15) is 0 Å². The van der Waals surface area contributed by atoms with Crippen LogP contribution in [-0.4, -0.2) is 9.97 Å². The fourth-order valence-corrected chi connectivity index (χ4v) is 3.04. The van der Waals surface area contributed by atoms with Gasteiger partial charge in [0.1, 0.15) is 10.5 Å². The van der Waals surface area contributed by atoms with Crippen LogP contribution in [0.4, 0.5) is 0 Å². The monoisotopic (exact) mass is 420 g/mol. The van der Waals surface area contributed by atoms with Gasteiger partial charge in [-0.3, -0.25) is 0 Å². The molecule has 3 rings (SSSR count). The van der Waals surface area contributed by atoms with Crippen LogP contribution in [0.3, 0.4) is 0 Å². The highest BCUT2D eigenvalue weighted by atomic mass is 79.9. The normalized spacial score (nSPS) is 10.6. The molecule has 0 spiro atoms. The topological polar surface area (TPSA) is 28.7 Å². The van der Waals surface area contributed by atoms with Crippen LogP contribution in [0.1, 0.15) is 0 Å². The molecule has 0 saturated carbocycles. The van der Waals surface area contributed by atoms with Gasteiger partial charge in [0, 0.05) is 10.0 Å². The Hall–Kier alpha value is -1.30. The molecule has 0 aliphatic heterocycles. The lowest BCUT2D eigenvalue weighted by Gasteiger charge is -2.09. The van der Waals surface area contributed by atoms with E-state index in [1.807, 2.05) is 54.6 Å². The van der Waals surface area contributed by atoms with Crippen molar-refractivity contribution < 1.29 is 0 Å². The molecule has 0 unspecified atom stereocenters. The van der Waals surface area contributed by atoms with Crippen LogP contribution in [0.5, 0.6) is 0 Å². The molecule has 1 aromatic heterocycles. The van der Waals surface area contributed by atoms with Crippen LogP contribution >= 0.6 is 44.1 Å². The summed E-state index contributed by atoms with van der Waals surface area (Å²) < 4.78 is 2.36. The minimum atomic E-state index is 0.544. The lowest BCUT2D eigenvalue weighted by atomic mass is 10.1. The number of hydrogen-bond donors (Lipinski definition) is 1. The summed E-state index contributed by atoms with van der Waals surface area (Å²) in [5.41, 5.74) is 2.99. The summed E-state index contributed by atoms with van der Waals surface area (Å²) >= 11 is 12.4. The molecule has 0 fully saturated rings. The maximum Gasteiger partial charge on any atom is 0.144 e. The number of nitrogens with zero attached hydrogens (tertiary/aromatic N) is 1. The molecule has 0 radical (unpaired) electrons. The number of aromatic nitrogens is 2. The molecule has 2 nitrogen and oxygen atoms in total. The van der Waals surface area contributed by atoms with E-state index in [-0.39, 0.29) is 0 Å². The zero-order valence-corrected chi connectivity index (χ0v) is 14.8. The predicted molar refractivity (Wildman–Crippen MR) is 95.7 cm³/mol. The third-order valence-corrected chi connectivity index (χ3v) is 4.85. The SMILES string of the molecule is S=c1nc(-c2cccc(Br)c2)[nH]c(-c2ccccc2)c1Br. The lowest BCUT2D eigenvalue weighted by molar-refractivity contribution is 1.15. The molecule has 21 heavy (non-hydrogen) atoms. The highest BCUT2D eigenvalue weighted by Crippen LogP contribution is 2.29. The van der Waals surface area contributed by atoms with Crippen molar-refractivity contribution in [3.63, 3.8) is 0 Å². The zero-order valence-electron chi connectivity index (χ0n) is 10.8. The van der Waals surface area contributed by atoms with Crippen molar-refractivity contribution in [2.75, 3.05) is 0 Å². The van der Waals surface area contributed by atoms with E-state index < -0.39 is 0 Å². The van der Waals surface area contributed by atoms with E-state index in [4.69, 9.17) is 12.2 Å². The summed E-state index contributed by atoms with van der Waals surface area (Å²) in [6, 6.07) is 18.0. The summed E-state index contributed by atoms with van der Waals surface area (Å²) in [6.07, 6.45) is 0. The molecule has 5 heteroatoms. The van der Waals surface area contributed by atoms with Crippen molar-refractivity contribution in [3.05, 3.63) is 68.2 Å². The van der Waals surface area contributed by atoms with E-state index >= 15 is 0 Å². The largest absolute Gasteiger partial charge is 0.338 e.